The zero-order valence-corrected chi connectivity index (χ0v) is 9.72. The zero-order chi connectivity index (χ0) is 11.6. The first-order valence-corrected chi connectivity index (χ1v) is 5.02. The molecule has 0 saturated heterocycles. The van der Waals surface area contributed by atoms with Crippen molar-refractivity contribution in [2.45, 2.75) is 26.8 Å². The Morgan fingerprint density at radius 1 is 1.27 bits per heavy atom. The summed E-state index contributed by atoms with van der Waals surface area (Å²) in [5.41, 5.74) is 9.88. The topological polar surface area (TPSA) is 55.1 Å². The molecule has 0 saturated carbocycles. The maximum atomic E-state index is 11.2. The second kappa shape index (κ2) is 4.45. The molecule has 0 heterocycles. The summed E-state index contributed by atoms with van der Waals surface area (Å²) >= 11 is 0. The Morgan fingerprint density at radius 2 is 1.87 bits per heavy atom. The van der Waals surface area contributed by atoms with Crippen molar-refractivity contribution >= 4 is 5.91 Å². The van der Waals surface area contributed by atoms with Crippen molar-refractivity contribution < 1.29 is 4.79 Å². The van der Waals surface area contributed by atoms with Crippen molar-refractivity contribution in [3.05, 3.63) is 34.4 Å². The van der Waals surface area contributed by atoms with Gasteiger partial charge in [-0.2, -0.15) is 0 Å². The fraction of sp³-hybridized carbons (Fsp3) is 0.417. The van der Waals surface area contributed by atoms with Crippen LogP contribution in [0.5, 0.6) is 0 Å². The van der Waals surface area contributed by atoms with Gasteiger partial charge >= 0.3 is 0 Å². The number of aryl methyl sites for hydroxylation is 1. The molecule has 0 aliphatic rings. The van der Waals surface area contributed by atoms with Gasteiger partial charge < -0.3 is 11.1 Å². The molecule has 0 fully saturated rings. The lowest BCUT2D eigenvalue weighted by atomic mass is 9.94. The SMILES string of the molecule is CNC(C(N)=O)c1ccc(C)c(C)c1C. The van der Waals surface area contributed by atoms with Crippen LogP contribution in [-0.4, -0.2) is 13.0 Å². The second-order valence-electron chi connectivity index (χ2n) is 3.85. The van der Waals surface area contributed by atoms with Gasteiger partial charge in [-0.05, 0) is 50.1 Å². The van der Waals surface area contributed by atoms with Crippen LogP contribution in [-0.2, 0) is 4.79 Å². The lowest BCUT2D eigenvalue weighted by Gasteiger charge is -2.17. The van der Waals surface area contributed by atoms with Crippen molar-refractivity contribution in [1.29, 1.82) is 0 Å². The number of amides is 1. The molecule has 0 bridgehead atoms. The number of hydrogen-bond acceptors (Lipinski definition) is 2. The van der Waals surface area contributed by atoms with Crippen molar-refractivity contribution in [1.82, 2.24) is 5.32 Å². The van der Waals surface area contributed by atoms with E-state index in [2.05, 4.69) is 19.2 Å². The number of benzene rings is 1. The van der Waals surface area contributed by atoms with Crippen LogP contribution in [0.25, 0.3) is 0 Å². The Kier molecular flexibility index (Phi) is 3.48. The molecule has 1 aromatic rings. The molecule has 0 radical (unpaired) electrons. The van der Waals surface area contributed by atoms with Crippen molar-refractivity contribution in [3.63, 3.8) is 0 Å². The van der Waals surface area contributed by atoms with Crippen LogP contribution in [0.4, 0.5) is 0 Å². The predicted octanol–water partition coefficient (Wildman–Crippen LogP) is 1.36. The Labute approximate surface area is 90.7 Å². The van der Waals surface area contributed by atoms with E-state index in [4.69, 9.17) is 5.73 Å². The predicted molar refractivity (Wildman–Crippen MR) is 61.6 cm³/mol. The summed E-state index contributed by atoms with van der Waals surface area (Å²) in [5, 5.41) is 2.93. The third-order valence-electron chi connectivity index (χ3n) is 2.98. The van der Waals surface area contributed by atoms with Gasteiger partial charge in [0.15, 0.2) is 0 Å². The Morgan fingerprint density at radius 3 is 2.33 bits per heavy atom. The fourth-order valence-corrected chi connectivity index (χ4v) is 1.74. The molecule has 0 spiro atoms. The molecular formula is C12H18N2O. The quantitative estimate of drug-likeness (QED) is 0.784. The molecule has 3 N–H and O–H groups in total. The van der Waals surface area contributed by atoms with Crippen LogP contribution in [0.2, 0.25) is 0 Å². The summed E-state index contributed by atoms with van der Waals surface area (Å²) in [5.74, 6) is -0.344. The van der Waals surface area contributed by atoms with E-state index in [1.54, 1.807) is 7.05 Å². The Hall–Kier alpha value is -1.35. The molecule has 3 heteroatoms. The standard InChI is InChI=1S/C12H18N2O/c1-7-5-6-10(9(3)8(7)2)11(14-4)12(13)15/h5-6,11,14H,1-4H3,(H2,13,15). The molecule has 1 aromatic carbocycles. The summed E-state index contributed by atoms with van der Waals surface area (Å²) in [7, 11) is 1.74. The van der Waals surface area contributed by atoms with Crippen LogP contribution >= 0.6 is 0 Å². The van der Waals surface area contributed by atoms with Gasteiger partial charge in [0.25, 0.3) is 0 Å². The maximum absolute atomic E-state index is 11.2. The number of rotatable bonds is 3. The summed E-state index contributed by atoms with van der Waals surface area (Å²) in [6, 6.07) is 3.58. The number of primary amides is 1. The molecular weight excluding hydrogens is 188 g/mol. The van der Waals surface area contributed by atoms with Crippen LogP contribution in [0.3, 0.4) is 0 Å². The largest absolute Gasteiger partial charge is 0.368 e. The zero-order valence-electron chi connectivity index (χ0n) is 9.72. The number of carbonyl (C=O) groups is 1. The molecule has 1 rings (SSSR count). The van der Waals surface area contributed by atoms with Crippen LogP contribution in [0, 0.1) is 20.8 Å². The van der Waals surface area contributed by atoms with Gasteiger partial charge in [-0.1, -0.05) is 12.1 Å². The first-order valence-electron chi connectivity index (χ1n) is 5.02. The number of nitrogens with two attached hydrogens (primary N) is 1. The maximum Gasteiger partial charge on any atom is 0.239 e. The summed E-state index contributed by atoms with van der Waals surface area (Å²) in [6.07, 6.45) is 0. The normalized spacial score (nSPS) is 12.5. The molecule has 0 aromatic heterocycles. The summed E-state index contributed by atoms with van der Waals surface area (Å²) in [6.45, 7) is 6.14. The van der Waals surface area contributed by atoms with Crippen molar-refractivity contribution in [2.75, 3.05) is 7.05 Å². The van der Waals surface area contributed by atoms with Crippen LogP contribution < -0.4 is 11.1 Å². The lowest BCUT2D eigenvalue weighted by molar-refractivity contribution is -0.120. The smallest absolute Gasteiger partial charge is 0.239 e. The number of nitrogens with one attached hydrogen (secondary N) is 1. The van der Waals surface area contributed by atoms with E-state index in [0.717, 1.165) is 11.1 Å². The van der Waals surface area contributed by atoms with E-state index >= 15 is 0 Å². The van der Waals surface area contributed by atoms with E-state index in [-0.39, 0.29) is 5.91 Å². The second-order valence-corrected chi connectivity index (χ2v) is 3.85. The molecule has 15 heavy (non-hydrogen) atoms. The third-order valence-corrected chi connectivity index (χ3v) is 2.98. The van der Waals surface area contributed by atoms with E-state index < -0.39 is 6.04 Å². The van der Waals surface area contributed by atoms with Crippen LogP contribution in [0.15, 0.2) is 12.1 Å². The minimum Gasteiger partial charge on any atom is -0.368 e. The first-order chi connectivity index (χ1) is 6.99. The first kappa shape index (κ1) is 11.7. The molecule has 0 aliphatic heterocycles. The van der Waals surface area contributed by atoms with Gasteiger partial charge in [0, 0.05) is 0 Å². The highest BCUT2D eigenvalue weighted by Gasteiger charge is 2.18. The highest BCUT2D eigenvalue weighted by atomic mass is 16.1. The summed E-state index contributed by atoms with van der Waals surface area (Å²) in [4.78, 5) is 11.2. The van der Waals surface area contributed by atoms with E-state index in [9.17, 15) is 4.79 Å². The van der Waals surface area contributed by atoms with Crippen molar-refractivity contribution in [2.24, 2.45) is 5.73 Å². The molecule has 1 unspecified atom stereocenters. The average Bonchev–Trinajstić information content (AvgIpc) is 2.18. The Balaban J connectivity index is 3.25. The molecule has 0 aliphatic carbocycles. The average molecular weight is 206 g/mol. The van der Waals surface area contributed by atoms with Gasteiger partial charge in [0.05, 0.1) is 0 Å². The molecule has 1 atom stereocenters. The summed E-state index contributed by atoms with van der Waals surface area (Å²) < 4.78 is 0. The van der Waals surface area contributed by atoms with Gasteiger partial charge in [-0.25, -0.2) is 0 Å². The van der Waals surface area contributed by atoms with E-state index in [1.165, 1.54) is 11.1 Å². The minimum absolute atomic E-state index is 0.344. The lowest BCUT2D eigenvalue weighted by Crippen LogP contribution is -2.31. The molecule has 3 nitrogen and oxygen atoms in total. The highest BCUT2D eigenvalue weighted by Crippen LogP contribution is 2.22. The molecule has 1 amide bonds. The van der Waals surface area contributed by atoms with Gasteiger partial charge in [0.2, 0.25) is 5.91 Å². The number of carbonyl (C=O) groups excluding carboxylic acids is 1. The fourth-order valence-electron chi connectivity index (χ4n) is 1.74. The third kappa shape index (κ3) is 2.18. The number of hydrogen-bond donors (Lipinski definition) is 2. The Bertz CT molecular complexity index is 385. The van der Waals surface area contributed by atoms with Crippen LogP contribution in [0.1, 0.15) is 28.3 Å². The minimum atomic E-state index is -0.399. The van der Waals surface area contributed by atoms with Gasteiger partial charge in [-0.3, -0.25) is 4.79 Å². The monoisotopic (exact) mass is 206 g/mol. The molecule has 82 valence electrons. The highest BCUT2D eigenvalue weighted by molar-refractivity contribution is 5.82. The van der Waals surface area contributed by atoms with E-state index in [0.29, 0.717) is 0 Å². The van der Waals surface area contributed by atoms with Gasteiger partial charge in [0.1, 0.15) is 6.04 Å². The van der Waals surface area contributed by atoms with Gasteiger partial charge in [-0.15, -0.1) is 0 Å². The van der Waals surface area contributed by atoms with E-state index in [1.807, 2.05) is 19.1 Å². The van der Waals surface area contributed by atoms with Crippen molar-refractivity contribution in [3.8, 4) is 0 Å². The number of likely N-dealkylation sites (N-methyl/N-ethyl adjacent to an activating group) is 1.